The largest absolute Gasteiger partial charge is 0.454 e. The van der Waals surface area contributed by atoms with Crippen molar-refractivity contribution < 1.29 is 9.47 Å². The quantitative estimate of drug-likeness (QED) is 0.787. The first-order chi connectivity index (χ1) is 7.79. The lowest BCUT2D eigenvalue weighted by atomic mass is 10.2. The average Bonchev–Trinajstić information content (AvgIpc) is 2.76. The Morgan fingerprint density at radius 2 is 2.19 bits per heavy atom. The molecule has 0 bridgehead atoms. The van der Waals surface area contributed by atoms with Crippen LogP contribution >= 0.6 is 0 Å². The van der Waals surface area contributed by atoms with E-state index in [9.17, 15) is 0 Å². The first kappa shape index (κ1) is 11.2. The van der Waals surface area contributed by atoms with Crippen LogP contribution in [-0.4, -0.2) is 19.4 Å². The Hall–Kier alpha value is -1.26. The summed E-state index contributed by atoms with van der Waals surface area (Å²) >= 11 is 0. The highest BCUT2D eigenvalue weighted by atomic mass is 16.7. The lowest BCUT2D eigenvalue weighted by Crippen LogP contribution is -2.32. The predicted molar refractivity (Wildman–Crippen MR) is 62.5 cm³/mol. The Kier molecular flexibility index (Phi) is 3.64. The van der Waals surface area contributed by atoms with E-state index in [2.05, 4.69) is 12.2 Å². The zero-order chi connectivity index (χ0) is 11.4. The number of hydrogen-bond acceptors (Lipinski definition) is 4. The fourth-order valence-electron chi connectivity index (χ4n) is 1.60. The molecule has 0 saturated heterocycles. The van der Waals surface area contributed by atoms with Gasteiger partial charge in [-0.25, -0.2) is 0 Å². The molecule has 1 aromatic carbocycles. The van der Waals surface area contributed by atoms with Gasteiger partial charge in [0.25, 0.3) is 0 Å². The van der Waals surface area contributed by atoms with E-state index >= 15 is 0 Å². The highest BCUT2D eigenvalue weighted by molar-refractivity contribution is 5.44. The van der Waals surface area contributed by atoms with E-state index in [1.165, 1.54) is 5.56 Å². The Morgan fingerprint density at radius 1 is 1.38 bits per heavy atom. The molecule has 0 spiro atoms. The topological polar surface area (TPSA) is 56.5 Å². The van der Waals surface area contributed by atoms with E-state index in [1.54, 1.807) is 0 Å². The minimum atomic E-state index is 0.231. The monoisotopic (exact) mass is 222 g/mol. The molecule has 1 aliphatic heterocycles. The van der Waals surface area contributed by atoms with Crippen LogP contribution in [0, 0.1) is 0 Å². The van der Waals surface area contributed by atoms with E-state index in [4.69, 9.17) is 15.2 Å². The minimum absolute atomic E-state index is 0.231. The molecule has 4 heteroatoms. The molecule has 88 valence electrons. The molecule has 1 unspecified atom stereocenters. The fraction of sp³-hybridized carbons (Fsp3) is 0.500. The number of benzene rings is 1. The fourth-order valence-corrected chi connectivity index (χ4v) is 1.60. The van der Waals surface area contributed by atoms with Gasteiger partial charge in [-0.15, -0.1) is 0 Å². The van der Waals surface area contributed by atoms with Crippen molar-refractivity contribution in [2.75, 3.05) is 13.3 Å². The zero-order valence-electron chi connectivity index (χ0n) is 9.53. The molecule has 16 heavy (non-hydrogen) atoms. The van der Waals surface area contributed by atoms with Crippen LogP contribution in [0.2, 0.25) is 0 Å². The molecule has 3 N–H and O–H groups in total. The summed E-state index contributed by atoms with van der Waals surface area (Å²) in [5.41, 5.74) is 7.01. The van der Waals surface area contributed by atoms with Crippen LogP contribution in [-0.2, 0) is 6.54 Å². The van der Waals surface area contributed by atoms with Crippen LogP contribution in [0.15, 0.2) is 18.2 Å². The lowest BCUT2D eigenvalue weighted by Gasteiger charge is -2.10. The van der Waals surface area contributed by atoms with Gasteiger partial charge in [-0.05, 0) is 24.1 Å². The Labute approximate surface area is 95.7 Å². The van der Waals surface area contributed by atoms with Gasteiger partial charge in [0.05, 0.1) is 0 Å². The lowest BCUT2D eigenvalue weighted by molar-refractivity contribution is 0.174. The summed E-state index contributed by atoms with van der Waals surface area (Å²) in [7, 11) is 0. The van der Waals surface area contributed by atoms with E-state index in [1.807, 2.05) is 18.2 Å². The van der Waals surface area contributed by atoms with E-state index in [0.29, 0.717) is 6.79 Å². The summed E-state index contributed by atoms with van der Waals surface area (Å²) in [5.74, 6) is 1.66. The van der Waals surface area contributed by atoms with Crippen molar-refractivity contribution >= 4 is 0 Å². The second kappa shape index (κ2) is 5.18. The van der Waals surface area contributed by atoms with Crippen molar-refractivity contribution in [3.8, 4) is 11.5 Å². The van der Waals surface area contributed by atoms with E-state index in [-0.39, 0.29) is 6.04 Å². The molecule has 4 nitrogen and oxygen atoms in total. The molecule has 2 rings (SSSR count). The van der Waals surface area contributed by atoms with Gasteiger partial charge in [0.15, 0.2) is 11.5 Å². The smallest absolute Gasteiger partial charge is 0.231 e. The minimum Gasteiger partial charge on any atom is -0.454 e. The van der Waals surface area contributed by atoms with Crippen LogP contribution in [0.3, 0.4) is 0 Å². The number of hydrogen-bond donors (Lipinski definition) is 2. The second-order valence-corrected chi connectivity index (χ2v) is 3.99. The van der Waals surface area contributed by atoms with Gasteiger partial charge in [0.2, 0.25) is 6.79 Å². The van der Waals surface area contributed by atoms with Crippen LogP contribution < -0.4 is 20.5 Å². The maximum atomic E-state index is 5.82. The molecule has 1 aromatic rings. The van der Waals surface area contributed by atoms with Crippen LogP contribution in [0.5, 0.6) is 11.5 Å². The standard InChI is InChI=1S/C12H18N2O2/c1-2-10(13)7-14-6-9-3-4-11-12(5-9)16-8-15-11/h3-5,10,14H,2,6-8,13H2,1H3. The molecule has 0 amide bonds. The normalized spacial score (nSPS) is 15.1. The molecule has 0 aromatic heterocycles. The van der Waals surface area contributed by atoms with Crippen molar-refractivity contribution in [3.63, 3.8) is 0 Å². The number of nitrogens with one attached hydrogen (secondary N) is 1. The molecular formula is C12H18N2O2. The zero-order valence-corrected chi connectivity index (χ0v) is 9.53. The first-order valence-corrected chi connectivity index (χ1v) is 5.64. The van der Waals surface area contributed by atoms with Gasteiger partial charge >= 0.3 is 0 Å². The van der Waals surface area contributed by atoms with Crippen molar-refractivity contribution in [3.05, 3.63) is 23.8 Å². The highest BCUT2D eigenvalue weighted by Crippen LogP contribution is 2.32. The predicted octanol–water partition coefficient (Wildman–Crippen LogP) is 1.24. The maximum Gasteiger partial charge on any atom is 0.231 e. The SMILES string of the molecule is CCC(N)CNCc1ccc2c(c1)OCO2. The molecule has 1 atom stereocenters. The van der Waals surface area contributed by atoms with Gasteiger partial charge in [-0.3, -0.25) is 0 Å². The van der Waals surface area contributed by atoms with Crippen molar-refractivity contribution in [2.24, 2.45) is 5.73 Å². The van der Waals surface area contributed by atoms with Gasteiger partial charge in [0, 0.05) is 19.1 Å². The molecule has 1 heterocycles. The van der Waals surface area contributed by atoms with Crippen LogP contribution in [0.4, 0.5) is 0 Å². The highest BCUT2D eigenvalue weighted by Gasteiger charge is 2.12. The molecule has 0 aliphatic carbocycles. The third-order valence-electron chi connectivity index (χ3n) is 2.70. The molecule has 1 aliphatic rings. The Morgan fingerprint density at radius 3 is 3.00 bits per heavy atom. The van der Waals surface area contributed by atoms with Crippen molar-refractivity contribution in [1.29, 1.82) is 0 Å². The summed E-state index contributed by atoms with van der Waals surface area (Å²) in [6.45, 7) is 4.06. The Balaban J connectivity index is 1.86. The molecule has 0 saturated carbocycles. The molecular weight excluding hydrogens is 204 g/mol. The summed E-state index contributed by atoms with van der Waals surface area (Å²) in [5, 5.41) is 3.32. The average molecular weight is 222 g/mol. The van der Waals surface area contributed by atoms with Gasteiger partial charge in [-0.1, -0.05) is 13.0 Å². The number of nitrogens with two attached hydrogens (primary N) is 1. The van der Waals surface area contributed by atoms with Crippen molar-refractivity contribution in [2.45, 2.75) is 25.9 Å². The summed E-state index contributed by atoms with van der Waals surface area (Å²) in [6, 6.07) is 6.22. The van der Waals surface area contributed by atoms with Gasteiger partial charge < -0.3 is 20.5 Å². The van der Waals surface area contributed by atoms with Crippen LogP contribution in [0.25, 0.3) is 0 Å². The third-order valence-corrected chi connectivity index (χ3v) is 2.70. The summed E-state index contributed by atoms with van der Waals surface area (Å²) < 4.78 is 10.6. The van der Waals surface area contributed by atoms with Gasteiger partial charge in [-0.2, -0.15) is 0 Å². The number of fused-ring (bicyclic) bond motifs is 1. The van der Waals surface area contributed by atoms with Crippen LogP contribution in [0.1, 0.15) is 18.9 Å². The number of rotatable bonds is 5. The summed E-state index contributed by atoms with van der Waals surface area (Å²) in [6.07, 6.45) is 0.994. The van der Waals surface area contributed by atoms with Crippen molar-refractivity contribution in [1.82, 2.24) is 5.32 Å². The van der Waals surface area contributed by atoms with E-state index in [0.717, 1.165) is 31.0 Å². The maximum absolute atomic E-state index is 5.82. The Bertz CT molecular complexity index is 355. The summed E-state index contributed by atoms with van der Waals surface area (Å²) in [4.78, 5) is 0. The van der Waals surface area contributed by atoms with E-state index < -0.39 is 0 Å². The second-order valence-electron chi connectivity index (χ2n) is 3.99. The van der Waals surface area contributed by atoms with Gasteiger partial charge in [0.1, 0.15) is 0 Å². The first-order valence-electron chi connectivity index (χ1n) is 5.64. The molecule has 0 fully saturated rings. The number of ether oxygens (including phenoxy) is 2. The third kappa shape index (κ3) is 2.65. The molecule has 0 radical (unpaired) electrons.